The van der Waals surface area contributed by atoms with Gasteiger partial charge in [0.1, 0.15) is 5.69 Å². The van der Waals surface area contributed by atoms with Gasteiger partial charge in [-0.25, -0.2) is 4.52 Å². The third kappa shape index (κ3) is 4.93. The van der Waals surface area contributed by atoms with Crippen LogP contribution in [-0.4, -0.2) is 48.3 Å². The Kier molecular flexibility index (Phi) is 6.03. The van der Waals surface area contributed by atoms with Crippen LogP contribution in [0.3, 0.4) is 0 Å². The zero-order chi connectivity index (χ0) is 14.6. The molecule has 0 spiro atoms. The van der Waals surface area contributed by atoms with Crippen LogP contribution >= 0.6 is 0 Å². The van der Waals surface area contributed by atoms with Crippen molar-refractivity contribution in [3.8, 4) is 0 Å². The molecule has 5 nitrogen and oxygen atoms in total. The van der Waals surface area contributed by atoms with Crippen molar-refractivity contribution >= 4 is 17.0 Å². The molecule has 0 aliphatic carbocycles. The predicted molar refractivity (Wildman–Crippen MR) is 91.3 cm³/mol. The lowest BCUT2D eigenvalue weighted by Crippen LogP contribution is -2.35. The minimum Gasteiger partial charge on any atom is -0.394 e. The van der Waals surface area contributed by atoms with Crippen LogP contribution in [0.1, 0.15) is 19.3 Å². The van der Waals surface area contributed by atoms with Gasteiger partial charge < -0.3 is 23.0 Å². The summed E-state index contributed by atoms with van der Waals surface area (Å²) >= 11 is 0. The van der Waals surface area contributed by atoms with Crippen molar-refractivity contribution in [1.29, 1.82) is 0 Å². The highest BCUT2D eigenvalue weighted by Crippen LogP contribution is 2.22. The normalized spacial score (nSPS) is 11.4. The second-order valence-corrected chi connectivity index (χ2v) is 6.29. The van der Waals surface area contributed by atoms with Crippen LogP contribution in [0, 0.1) is 7.43 Å². The average molecular weight is 291 g/mol. The molecule has 2 heterocycles. The molecule has 0 aliphatic heterocycles. The van der Waals surface area contributed by atoms with Crippen LogP contribution < -0.4 is 11.1 Å². The fourth-order valence-electron chi connectivity index (χ4n) is 2.24. The zero-order valence-corrected chi connectivity index (χ0v) is 13.8. The molecule has 3 N–H and O–H groups in total. The van der Waals surface area contributed by atoms with Gasteiger partial charge in [0.25, 0.3) is 0 Å². The Bertz CT molecular complexity index is 553. The van der Waals surface area contributed by atoms with Crippen LogP contribution in [-0.2, 0) is 0 Å². The predicted octanol–water partition coefficient (Wildman–Crippen LogP) is 2.66. The number of nitrogen functional groups attached to an aromatic ring is 1. The summed E-state index contributed by atoms with van der Waals surface area (Å²) in [7, 11) is 6.70. The van der Waals surface area contributed by atoms with Crippen LogP contribution in [0.5, 0.6) is 0 Å². The van der Waals surface area contributed by atoms with Crippen LogP contribution in [0.15, 0.2) is 24.4 Å². The van der Waals surface area contributed by atoms with E-state index in [-0.39, 0.29) is 7.43 Å². The molecular formula is C16H29N5. The Hall–Kier alpha value is -1.75. The second kappa shape index (κ2) is 7.31. The largest absolute Gasteiger partial charge is 0.394 e. The number of nitrogens with zero attached hydrogens (tertiary/aromatic N) is 3. The van der Waals surface area contributed by atoms with E-state index in [4.69, 9.17) is 5.73 Å². The average Bonchev–Trinajstić information content (AvgIpc) is 2.70. The standard InChI is InChI=1S/C15H26N5.CH3/c1-20(2,3)12-8-4-6-10-17-15-14(16)13-9-5-7-11-19(13)18-15;/h5,7,9,11H,4,6,8,10,12,16H2,1-3H3,(H,17,18);1H3/q+1;-1. The molecule has 21 heavy (non-hydrogen) atoms. The molecule has 0 aromatic carbocycles. The number of aromatic nitrogens is 2. The Balaban J connectivity index is 0.00000220. The second-order valence-electron chi connectivity index (χ2n) is 6.29. The number of nitrogens with two attached hydrogens (primary N) is 1. The van der Waals surface area contributed by atoms with Crippen molar-refractivity contribution in [3.63, 3.8) is 0 Å². The molecule has 0 saturated carbocycles. The van der Waals surface area contributed by atoms with Gasteiger partial charge in [0.05, 0.1) is 33.2 Å². The van der Waals surface area contributed by atoms with Crippen LogP contribution in [0.4, 0.5) is 11.5 Å². The highest BCUT2D eigenvalue weighted by Gasteiger charge is 2.08. The lowest BCUT2D eigenvalue weighted by Gasteiger charge is -2.23. The van der Waals surface area contributed by atoms with Gasteiger partial charge in [-0.2, -0.15) is 0 Å². The highest BCUT2D eigenvalue weighted by molar-refractivity contribution is 5.80. The number of pyridine rings is 1. The molecule has 0 unspecified atom stereocenters. The molecular weight excluding hydrogens is 262 g/mol. The first-order valence-electron chi connectivity index (χ1n) is 7.24. The van der Waals surface area contributed by atoms with Gasteiger partial charge in [-0.15, -0.1) is 5.10 Å². The summed E-state index contributed by atoms with van der Waals surface area (Å²) in [5.41, 5.74) is 7.78. The summed E-state index contributed by atoms with van der Waals surface area (Å²) in [4.78, 5) is 0. The summed E-state index contributed by atoms with van der Waals surface area (Å²) in [6.45, 7) is 2.14. The van der Waals surface area contributed by atoms with E-state index in [0.29, 0.717) is 0 Å². The lowest BCUT2D eigenvalue weighted by molar-refractivity contribution is -0.870. The Morgan fingerprint density at radius 2 is 1.95 bits per heavy atom. The van der Waals surface area contributed by atoms with E-state index < -0.39 is 0 Å². The molecule has 2 aromatic heterocycles. The topological polar surface area (TPSA) is 55.4 Å². The van der Waals surface area contributed by atoms with Gasteiger partial charge >= 0.3 is 0 Å². The monoisotopic (exact) mass is 291 g/mol. The zero-order valence-electron chi connectivity index (χ0n) is 13.8. The van der Waals surface area contributed by atoms with E-state index in [9.17, 15) is 0 Å². The number of unbranched alkanes of at least 4 members (excludes halogenated alkanes) is 2. The minimum absolute atomic E-state index is 0. The van der Waals surface area contributed by atoms with Crippen molar-refractivity contribution in [2.75, 3.05) is 45.3 Å². The molecule has 0 bridgehead atoms. The van der Waals surface area contributed by atoms with Crippen LogP contribution in [0.2, 0.25) is 0 Å². The molecule has 0 amide bonds. The van der Waals surface area contributed by atoms with Gasteiger partial charge in [0.2, 0.25) is 0 Å². The van der Waals surface area contributed by atoms with E-state index in [2.05, 4.69) is 31.6 Å². The van der Waals surface area contributed by atoms with E-state index in [1.807, 2.05) is 28.9 Å². The van der Waals surface area contributed by atoms with Gasteiger partial charge in [0, 0.05) is 12.7 Å². The van der Waals surface area contributed by atoms with Crippen molar-refractivity contribution in [2.45, 2.75) is 19.3 Å². The third-order valence-electron chi connectivity index (χ3n) is 3.38. The number of nitrogens with one attached hydrogen (secondary N) is 1. The van der Waals surface area contributed by atoms with Gasteiger partial charge in [-0.3, -0.25) is 0 Å². The first-order chi connectivity index (χ1) is 9.47. The van der Waals surface area contributed by atoms with E-state index in [1.54, 1.807) is 0 Å². The molecule has 0 radical (unpaired) electrons. The van der Waals surface area contributed by atoms with E-state index >= 15 is 0 Å². The summed E-state index contributed by atoms with van der Waals surface area (Å²) in [5, 5.41) is 7.78. The van der Waals surface area contributed by atoms with Crippen LogP contribution in [0.25, 0.3) is 5.52 Å². The third-order valence-corrected chi connectivity index (χ3v) is 3.38. The van der Waals surface area contributed by atoms with E-state index in [0.717, 1.165) is 34.5 Å². The molecule has 2 aromatic rings. The van der Waals surface area contributed by atoms with Gasteiger partial charge in [-0.1, -0.05) is 6.07 Å². The number of quaternary nitrogens is 1. The first-order valence-corrected chi connectivity index (χ1v) is 7.24. The molecule has 0 atom stereocenters. The highest BCUT2D eigenvalue weighted by atomic mass is 15.3. The maximum Gasteiger partial charge on any atom is 0.172 e. The number of hydrogen-bond donors (Lipinski definition) is 2. The molecule has 118 valence electrons. The number of hydrogen-bond acceptors (Lipinski definition) is 3. The van der Waals surface area contributed by atoms with Gasteiger partial charge in [0.15, 0.2) is 5.82 Å². The maximum absolute atomic E-state index is 6.09. The van der Waals surface area contributed by atoms with Crippen molar-refractivity contribution in [3.05, 3.63) is 31.8 Å². The fraction of sp³-hybridized carbons (Fsp3) is 0.500. The first kappa shape index (κ1) is 17.3. The Labute approximate surface area is 128 Å². The lowest BCUT2D eigenvalue weighted by atomic mass is 10.2. The fourth-order valence-corrected chi connectivity index (χ4v) is 2.24. The molecule has 5 heteroatoms. The number of fused-ring (bicyclic) bond motifs is 1. The molecule has 0 aliphatic rings. The molecule has 2 rings (SSSR count). The smallest absolute Gasteiger partial charge is 0.172 e. The summed E-state index contributed by atoms with van der Waals surface area (Å²) < 4.78 is 2.85. The maximum atomic E-state index is 6.09. The summed E-state index contributed by atoms with van der Waals surface area (Å²) in [6, 6.07) is 5.91. The SMILES string of the molecule is C[N+](C)(C)CCCCCNc1nn2ccccc2c1N.[CH3-]. The minimum atomic E-state index is 0. The molecule has 0 fully saturated rings. The Morgan fingerprint density at radius 1 is 1.19 bits per heavy atom. The Morgan fingerprint density at radius 3 is 2.62 bits per heavy atom. The molecule has 0 saturated heterocycles. The number of anilines is 2. The van der Waals surface area contributed by atoms with Crippen molar-refractivity contribution in [1.82, 2.24) is 9.61 Å². The van der Waals surface area contributed by atoms with E-state index in [1.165, 1.54) is 19.4 Å². The summed E-state index contributed by atoms with van der Waals surface area (Å²) in [5.74, 6) is 0.794. The summed E-state index contributed by atoms with van der Waals surface area (Å²) in [6.07, 6.45) is 5.55. The van der Waals surface area contributed by atoms with Crippen molar-refractivity contribution < 1.29 is 4.48 Å². The quantitative estimate of drug-likeness (QED) is 0.468. The van der Waals surface area contributed by atoms with Crippen molar-refractivity contribution in [2.24, 2.45) is 0 Å². The van der Waals surface area contributed by atoms with Gasteiger partial charge in [-0.05, 0) is 31.4 Å². The number of rotatable bonds is 7.